The van der Waals surface area contributed by atoms with Gasteiger partial charge in [0.2, 0.25) is 5.91 Å². The predicted molar refractivity (Wildman–Crippen MR) is 136 cm³/mol. The number of halogens is 1. The van der Waals surface area contributed by atoms with Crippen LogP contribution in [0.4, 0.5) is 0 Å². The Morgan fingerprint density at radius 2 is 1.85 bits per heavy atom. The SMILES string of the molecule is Cc1ccc(CNC(=O)C2CCN(Cc3cc4ccccc4n3Cc3cccc(Cl)c3)CC2)o1. The standard InChI is InChI=1S/C28H30ClN3O2/c1-20-9-10-26(34-20)17-30-28(33)22-11-13-31(14-12-22)19-25-16-23-6-2-3-8-27(23)32(25)18-21-5-4-7-24(29)15-21/h2-10,15-16,22H,11-14,17-19H2,1H3,(H,30,33). The van der Waals surface area contributed by atoms with Gasteiger partial charge in [-0.25, -0.2) is 0 Å². The zero-order valence-electron chi connectivity index (χ0n) is 19.5. The zero-order valence-corrected chi connectivity index (χ0v) is 20.2. The van der Waals surface area contributed by atoms with Crippen LogP contribution >= 0.6 is 11.6 Å². The number of piperidine rings is 1. The maximum atomic E-state index is 12.7. The average Bonchev–Trinajstić information content (AvgIpc) is 3.41. The lowest BCUT2D eigenvalue weighted by molar-refractivity contribution is -0.126. The van der Waals surface area contributed by atoms with E-state index in [1.807, 2.05) is 37.3 Å². The second kappa shape index (κ2) is 10.1. The first-order valence-electron chi connectivity index (χ1n) is 11.9. The van der Waals surface area contributed by atoms with Crippen molar-refractivity contribution in [3.05, 3.63) is 94.5 Å². The molecule has 0 saturated carbocycles. The number of likely N-dealkylation sites (tertiary alicyclic amines) is 1. The molecule has 0 unspecified atom stereocenters. The van der Waals surface area contributed by atoms with E-state index in [2.05, 4.69) is 51.2 Å². The van der Waals surface area contributed by atoms with Crippen molar-refractivity contribution in [3.63, 3.8) is 0 Å². The van der Waals surface area contributed by atoms with E-state index < -0.39 is 0 Å². The number of aromatic nitrogens is 1. The fourth-order valence-corrected chi connectivity index (χ4v) is 5.10. The second-order valence-electron chi connectivity index (χ2n) is 9.19. The van der Waals surface area contributed by atoms with Crippen molar-refractivity contribution < 1.29 is 9.21 Å². The smallest absolute Gasteiger partial charge is 0.223 e. The van der Waals surface area contributed by atoms with E-state index in [0.29, 0.717) is 6.54 Å². The van der Waals surface area contributed by atoms with Crippen LogP contribution in [0.1, 0.15) is 35.6 Å². The molecular weight excluding hydrogens is 446 g/mol. The van der Waals surface area contributed by atoms with Gasteiger partial charge in [-0.1, -0.05) is 41.9 Å². The minimum absolute atomic E-state index is 0.0598. The number of furan rings is 1. The highest BCUT2D eigenvalue weighted by atomic mass is 35.5. The first kappa shape index (κ1) is 22.8. The number of para-hydroxylation sites is 1. The third-order valence-corrected chi connectivity index (χ3v) is 6.94. The fourth-order valence-electron chi connectivity index (χ4n) is 4.88. The van der Waals surface area contributed by atoms with E-state index in [0.717, 1.165) is 55.6 Å². The summed E-state index contributed by atoms with van der Waals surface area (Å²) in [6, 6.07) is 22.7. The van der Waals surface area contributed by atoms with Gasteiger partial charge in [0.1, 0.15) is 11.5 Å². The van der Waals surface area contributed by atoms with Gasteiger partial charge in [0.25, 0.3) is 0 Å². The van der Waals surface area contributed by atoms with E-state index in [9.17, 15) is 4.79 Å². The van der Waals surface area contributed by atoms with E-state index in [1.54, 1.807) is 0 Å². The van der Waals surface area contributed by atoms with Crippen LogP contribution < -0.4 is 5.32 Å². The van der Waals surface area contributed by atoms with Gasteiger partial charge >= 0.3 is 0 Å². The third kappa shape index (κ3) is 5.21. The van der Waals surface area contributed by atoms with Crippen LogP contribution in [-0.2, 0) is 24.4 Å². The maximum Gasteiger partial charge on any atom is 0.223 e. The summed E-state index contributed by atoms with van der Waals surface area (Å²) in [6.07, 6.45) is 1.75. The predicted octanol–water partition coefficient (Wildman–Crippen LogP) is 5.77. The molecule has 1 fully saturated rings. The number of rotatable bonds is 7. The minimum atomic E-state index is 0.0598. The van der Waals surface area contributed by atoms with Crippen molar-refractivity contribution in [3.8, 4) is 0 Å². The van der Waals surface area contributed by atoms with Crippen molar-refractivity contribution in [1.82, 2.24) is 14.8 Å². The lowest BCUT2D eigenvalue weighted by Crippen LogP contribution is -2.40. The molecule has 1 N–H and O–H groups in total. The molecular formula is C28H30ClN3O2. The molecule has 4 aromatic rings. The number of amides is 1. The van der Waals surface area contributed by atoms with Crippen LogP contribution in [0.5, 0.6) is 0 Å². The first-order valence-corrected chi connectivity index (χ1v) is 12.3. The van der Waals surface area contributed by atoms with Gasteiger partial charge in [-0.05, 0) is 80.2 Å². The zero-order chi connectivity index (χ0) is 23.5. The molecule has 1 aliphatic rings. The Hall–Kier alpha value is -3.02. The summed E-state index contributed by atoms with van der Waals surface area (Å²) < 4.78 is 7.95. The second-order valence-corrected chi connectivity index (χ2v) is 9.63. The largest absolute Gasteiger partial charge is 0.465 e. The summed E-state index contributed by atoms with van der Waals surface area (Å²) in [5, 5.41) is 5.05. The van der Waals surface area contributed by atoms with Crippen LogP contribution in [0.3, 0.4) is 0 Å². The molecule has 34 heavy (non-hydrogen) atoms. The lowest BCUT2D eigenvalue weighted by Gasteiger charge is -2.31. The molecule has 5 rings (SSSR count). The van der Waals surface area contributed by atoms with Gasteiger partial charge in [-0.2, -0.15) is 0 Å². The van der Waals surface area contributed by atoms with Gasteiger partial charge in [0.05, 0.1) is 6.54 Å². The number of nitrogens with one attached hydrogen (secondary N) is 1. The molecule has 0 bridgehead atoms. The monoisotopic (exact) mass is 475 g/mol. The van der Waals surface area contributed by atoms with Crippen molar-refractivity contribution in [2.24, 2.45) is 5.92 Å². The van der Waals surface area contributed by atoms with Crippen LogP contribution in [0.15, 0.2) is 71.1 Å². The molecule has 2 aromatic heterocycles. The average molecular weight is 476 g/mol. The molecule has 1 saturated heterocycles. The van der Waals surface area contributed by atoms with Gasteiger partial charge in [0, 0.05) is 35.2 Å². The van der Waals surface area contributed by atoms with Crippen LogP contribution in [0, 0.1) is 12.8 Å². The summed E-state index contributed by atoms with van der Waals surface area (Å²) in [7, 11) is 0. The van der Waals surface area contributed by atoms with Crippen molar-refractivity contribution in [2.45, 2.75) is 39.4 Å². The molecule has 2 aromatic carbocycles. The first-order chi connectivity index (χ1) is 16.5. The van der Waals surface area contributed by atoms with E-state index in [4.69, 9.17) is 16.0 Å². The Bertz CT molecular complexity index is 1280. The molecule has 0 radical (unpaired) electrons. The minimum Gasteiger partial charge on any atom is -0.465 e. The van der Waals surface area contributed by atoms with Crippen LogP contribution in [0.2, 0.25) is 5.02 Å². The Morgan fingerprint density at radius 1 is 1.03 bits per heavy atom. The quantitative estimate of drug-likeness (QED) is 0.369. The van der Waals surface area contributed by atoms with E-state index in [1.165, 1.54) is 22.2 Å². The lowest BCUT2D eigenvalue weighted by atomic mass is 9.96. The number of hydrogen-bond acceptors (Lipinski definition) is 3. The number of benzene rings is 2. The molecule has 1 amide bonds. The van der Waals surface area contributed by atoms with Gasteiger partial charge in [-0.15, -0.1) is 0 Å². The number of carbonyl (C=O) groups excluding carboxylic acids is 1. The Kier molecular flexibility index (Phi) is 6.75. The van der Waals surface area contributed by atoms with Gasteiger partial charge in [-0.3, -0.25) is 9.69 Å². The maximum absolute atomic E-state index is 12.7. The van der Waals surface area contributed by atoms with Crippen LogP contribution in [-0.4, -0.2) is 28.5 Å². The summed E-state index contributed by atoms with van der Waals surface area (Å²) in [5.41, 5.74) is 3.72. The molecule has 1 aliphatic heterocycles. The molecule has 0 aliphatic carbocycles. The molecule has 176 valence electrons. The summed E-state index contributed by atoms with van der Waals surface area (Å²) >= 11 is 6.24. The Morgan fingerprint density at radius 3 is 2.62 bits per heavy atom. The highest BCUT2D eigenvalue weighted by Crippen LogP contribution is 2.25. The highest BCUT2D eigenvalue weighted by molar-refractivity contribution is 6.30. The molecule has 3 heterocycles. The van der Waals surface area contributed by atoms with Gasteiger partial charge < -0.3 is 14.3 Å². The van der Waals surface area contributed by atoms with E-state index >= 15 is 0 Å². The molecule has 0 spiro atoms. The summed E-state index contributed by atoms with van der Waals surface area (Å²) in [5.74, 6) is 1.86. The third-order valence-electron chi connectivity index (χ3n) is 6.70. The topological polar surface area (TPSA) is 50.4 Å². The Balaban J connectivity index is 1.23. The van der Waals surface area contributed by atoms with Gasteiger partial charge in [0.15, 0.2) is 0 Å². The summed E-state index contributed by atoms with van der Waals surface area (Å²) in [6.45, 7) is 5.85. The van der Waals surface area contributed by atoms with Crippen molar-refractivity contribution in [1.29, 1.82) is 0 Å². The normalized spacial score (nSPS) is 15.1. The number of fused-ring (bicyclic) bond motifs is 1. The number of nitrogens with zero attached hydrogens (tertiary/aromatic N) is 2. The van der Waals surface area contributed by atoms with Crippen molar-refractivity contribution >= 4 is 28.4 Å². The Labute approximate surface area is 205 Å². The van der Waals surface area contributed by atoms with E-state index in [-0.39, 0.29) is 11.8 Å². The fraction of sp³-hybridized carbons (Fsp3) is 0.321. The molecule has 6 heteroatoms. The van der Waals surface area contributed by atoms with Crippen LogP contribution in [0.25, 0.3) is 10.9 Å². The number of aryl methyl sites for hydroxylation is 1. The number of hydrogen-bond donors (Lipinski definition) is 1. The number of carbonyl (C=O) groups is 1. The summed E-state index contributed by atoms with van der Waals surface area (Å²) in [4.78, 5) is 15.1. The molecule has 5 nitrogen and oxygen atoms in total. The molecule has 0 atom stereocenters. The highest BCUT2D eigenvalue weighted by Gasteiger charge is 2.25. The van der Waals surface area contributed by atoms with Crippen molar-refractivity contribution in [2.75, 3.05) is 13.1 Å².